The molecular weight excluding hydrogens is 228 g/mol. The van der Waals surface area contributed by atoms with Crippen molar-refractivity contribution >= 4 is 0 Å². The molecule has 0 amide bonds. The molecule has 0 radical (unpaired) electrons. The summed E-state index contributed by atoms with van der Waals surface area (Å²) in [7, 11) is 0. The summed E-state index contributed by atoms with van der Waals surface area (Å²) >= 11 is 0. The third-order valence-electron chi connectivity index (χ3n) is 3.58. The van der Waals surface area contributed by atoms with Gasteiger partial charge in [0.1, 0.15) is 0 Å². The number of hydrogen-bond donors (Lipinski definition) is 1. The number of aromatic nitrogens is 2. The molecular formula is C14H24N2O2. The van der Waals surface area contributed by atoms with Crippen LogP contribution >= 0.6 is 0 Å². The first-order valence-electron chi connectivity index (χ1n) is 7.09. The first kappa shape index (κ1) is 13.6. The minimum atomic E-state index is -0.273. The number of aryl methyl sites for hydroxylation is 1. The summed E-state index contributed by atoms with van der Waals surface area (Å²) in [5.74, 6) is 0. The Balaban J connectivity index is 1.69. The van der Waals surface area contributed by atoms with Gasteiger partial charge < -0.3 is 9.84 Å². The van der Waals surface area contributed by atoms with Gasteiger partial charge in [0.15, 0.2) is 0 Å². The summed E-state index contributed by atoms with van der Waals surface area (Å²) in [4.78, 5) is 0. The van der Waals surface area contributed by atoms with E-state index in [-0.39, 0.29) is 6.10 Å². The summed E-state index contributed by atoms with van der Waals surface area (Å²) in [5.41, 5.74) is 1.12. The van der Waals surface area contributed by atoms with Gasteiger partial charge in [0, 0.05) is 25.8 Å². The molecule has 0 saturated carbocycles. The van der Waals surface area contributed by atoms with Gasteiger partial charge in [-0.05, 0) is 44.6 Å². The van der Waals surface area contributed by atoms with Gasteiger partial charge in [-0.2, -0.15) is 5.10 Å². The lowest BCUT2D eigenvalue weighted by atomic mass is 10.0. The van der Waals surface area contributed by atoms with Crippen LogP contribution in [0.2, 0.25) is 0 Å². The quantitative estimate of drug-likeness (QED) is 0.844. The number of aliphatic hydroxyl groups excluding tert-OH is 1. The number of hydrogen-bond acceptors (Lipinski definition) is 3. The molecule has 1 fully saturated rings. The second-order valence-electron chi connectivity index (χ2n) is 5.13. The molecule has 2 unspecified atom stereocenters. The van der Waals surface area contributed by atoms with E-state index in [0.717, 1.165) is 38.0 Å². The van der Waals surface area contributed by atoms with Crippen LogP contribution in [0.5, 0.6) is 0 Å². The monoisotopic (exact) mass is 252 g/mol. The second kappa shape index (κ2) is 6.90. The van der Waals surface area contributed by atoms with Gasteiger partial charge in [-0.15, -0.1) is 0 Å². The molecule has 2 heterocycles. The minimum absolute atomic E-state index is 0.273. The van der Waals surface area contributed by atoms with Gasteiger partial charge >= 0.3 is 0 Å². The molecule has 0 aliphatic carbocycles. The van der Waals surface area contributed by atoms with Crippen molar-refractivity contribution in [1.29, 1.82) is 0 Å². The van der Waals surface area contributed by atoms with Crippen molar-refractivity contribution in [3.05, 3.63) is 18.0 Å². The number of nitrogens with zero attached hydrogens (tertiary/aromatic N) is 2. The Hall–Kier alpha value is -0.870. The molecule has 2 rings (SSSR count). The van der Waals surface area contributed by atoms with Crippen LogP contribution in [0, 0.1) is 0 Å². The van der Waals surface area contributed by atoms with E-state index >= 15 is 0 Å². The molecule has 102 valence electrons. The van der Waals surface area contributed by atoms with Crippen LogP contribution < -0.4 is 0 Å². The lowest BCUT2D eigenvalue weighted by Gasteiger charge is -2.23. The number of aliphatic hydroxyl groups is 1. The Labute approximate surface area is 109 Å². The molecule has 1 N–H and O–H groups in total. The van der Waals surface area contributed by atoms with E-state index in [4.69, 9.17) is 4.74 Å². The Bertz CT molecular complexity index is 345. The average Bonchev–Trinajstić information content (AvgIpc) is 2.85. The molecule has 0 bridgehead atoms. The van der Waals surface area contributed by atoms with Crippen molar-refractivity contribution in [2.75, 3.05) is 6.61 Å². The fraction of sp³-hybridized carbons (Fsp3) is 0.786. The first-order valence-corrected chi connectivity index (χ1v) is 7.09. The van der Waals surface area contributed by atoms with E-state index in [9.17, 15) is 5.11 Å². The minimum Gasteiger partial charge on any atom is -0.393 e. The Morgan fingerprint density at radius 1 is 1.56 bits per heavy atom. The van der Waals surface area contributed by atoms with Gasteiger partial charge in [-0.3, -0.25) is 4.68 Å². The molecule has 1 aliphatic rings. The molecule has 18 heavy (non-hydrogen) atoms. The summed E-state index contributed by atoms with van der Waals surface area (Å²) < 4.78 is 7.57. The zero-order chi connectivity index (χ0) is 12.8. The Morgan fingerprint density at radius 2 is 2.44 bits per heavy atom. The second-order valence-corrected chi connectivity index (χ2v) is 5.13. The van der Waals surface area contributed by atoms with Crippen LogP contribution in [-0.4, -0.2) is 33.7 Å². The fourth-order valence-corrected chi connectivity index (χ4v) is 2.47. The van der Waals surface area contributed by atoms with Crippen LogP contribution in [0.25, 0.3) is 0 Å². The third-order valence-corrected chi connectivity index (χ3v) is 3.58. The summed E-state index contributed by atoms with van der Waals surface area (Å²) in [6, 6.07) is 0. The highest BCUT2D eigenvalue weighted by Gasteiger charge is 2.16. The summed E-state index contributed by atoms with van der Waals surface area (Å²) in [6.07, 6.45) is 10.1. The average molecular weight is 252 g/mol. The van der Waals surface area contributed by atoms with Gasteiger partial charge in [0.25, 0.3) is 0 Å². The first-order chi connectivity index (χ1) is 8.78. The van der Waals surface area contributed by atoms with Gasteiger partial charge in [0.05, 0.1) is 18.4 Å². The van der Waals surface area contributed by atoms with Crippen molar-refractivity contribution in [1.82, 2.24) is 9.78 Å². The molecule has 1 aliphatic heterocycles. The van der Waals surface area contributed by atoms with Crippen molar-refractivity contribution in [3.8, 4) is 0 Å². The molecule has 1 aromatic rings. The fourth-order valence-electron chi connectivity index (χ4n) is 2.47. The van der Waals surface area contributed by atoms with Gasteiger partial charge in [-0.1, -0.05) is 0 Å². The third kappa shape index (κ3) is 4.10. The SMILES string of the molecule is CCn1cc(CC(O)CCC2CCCCO2)cn1. The highest BCUT2D eigenvalue weighted by Crippen LogP contribution is 2.18. The van der Waals surface area contributed by atoms with Crippen LogP contribution in [0.3, 0.4) is 0 Å². The van der Waals surface area contributed by atoms with E-state index in [1.807, 2.05) is 17.1 Å². The number of rotatable bonds is 6. The van der Waals surface area contributed by atoms with Gasteiger partial charge in [0.2, 0.25) is 0 Å². The largest absolute Gasteiger partial charge is 0.393 e. The predicted octanol–water partition coefficient (Wildman–Crippen LogP) is 2.16. The van der Waals surface area contributed by atoms with E-state index in [2.05, 4.69) is 12.0 Å². The van der Waals surface area contributed by atoms with Gasteiger partial charge in [-0.25, -0.2) is 0 Å². The molecule has 0 aromatic carbocycles. The predicted molar refractivity (Wildman–Crippen MR) is 70.4 cm³/mol. The lowest BCUT2D eigenvalue weighted by molar-refractivity contribution is 0.00234. The summed E-state index contributed by atoms with van der Waals surface area (Å²) in [5, 5.41) is 14.2. The molecule has 2 atom stereocenters. The maximum Gasteiger partial charge on any atom is 0.0582 e. The molecule has 4 heteroatoms. The standard InChI is InChI=1S/C14H24N2O2/c1-2-16-11-12(10-15-16)9-13(17)6-7-14-5-3-4-8-18-14/h10-11,13-14,17H,2-9H2,1H3. The summed E-state index contributed by atoms with van der Waals surface area (Å²) in [6.45, 7) is 3.84. The Kier molecular flexibility index (Phi) is 5.20. The maximum atomic E-state index is 10.0. The zero-order valence-corrected chi connectivity index (χ0v) is 11.2. The topological polar surface area (TPSA) is 47.3 Å². The highest BCUT2D eigenvalue weighted by atomic mass is 16.5. The molecule has 4 nitrogen and oxygen atoms in total. The van der Waals surface area contributed by atoms with Crippen LogP contribution in [0.4, 0.5) is 0 Å². The highest BCUT2D eigenvalue weighted by molar-refractivity contribution is 5.05. The van der Waals surface area contributed by atoms with Crippen LogP contribution in [0.1, 0.15) is 44.6 Å². The smallest absolute Gasteiger partial charge is 0.0582 e. The zero-order valence-electron chi connectivity index (χ0n) is 11.2. The van der Waals surface area contributed by atoms with Crippen molar-refractivity contribution in [3.63, 3.8) is 0 Å². The van der Waals surface area contributed by atoms with E-state index in [0.29, 0.717) is 12.5 Å². The van der Waals surface area contributed by atoms with E-state index < -0.39 is 0 Å². The molecule has 1 aromatic heterocycles. The van der Waals surface area contributed by atoms with E-state index in [1.54, 1.807) is 0 Å². The van der Waals surface area contributed by atoms with Crippen molar-refractivity contribution in [2.45, 2.75) is 64.2 Å². The Morgan fingerprint density at radius 3 is 3.11 bits per heavy atom. The normalized spacial score (nSPS) is 22.0. The van der Waals surface area contributed by atoms with Crippen LogP contribution in [0.15, 0.2) is 12.4 Å². The maximum absolute atomic E-state index is 10.0. The molecule has 0 spiro atoms. The van der Waals surface area contributed by atoms with Crippen LogP contribution in [-0.2, 0) is 17.7 Å². The molecule has 1 saturated heterocycles. The van der Waals surface area contributed by atoms with Crippen molar-refractivity contribution in [2.24, 2.45) is 0 Å². The van der Waals surface area contributed by atoms with Crippen molar-refractivity contribution < 1.29 is 9.84 Å². The van der Waals surface area contributed by atoms with E-state index in [1.165, 1.54) is 12.8 Å². The number of ether oxygens (including phenoxy) is 1. The lowest BCUT2D eigenvalue weighted by Crippen LogP contribution is -2.21.